The van der Waals surface area contributed by atoms with E-state index in [1.807, 2.05) is 42.5 Å². The Kier molecular flexibility index (Phi) is 8.20. The number of carboxylic acids is 1. The number of fused-ring (bicyclic) bond motifs is 1. The number of hydrogen-bond acceptors (Lipinski definition) is 9. The molecule has 2 aliphatic rings. The lowest BCUT2D eigenvalue weighted by atomic mass is 9.76. The fourth-order valence-corrected chi connectivity index (χ4v) is 6.20. The van der Waals surface area contributed by atoms with Gasteiger partial charge in [-0.05, 0) is 38.7 Å². The maximum absolute atomic E-state index is 12.8. The summed E-state index contributed by atoms with van der Waals surface area (Å²) in [4.78, 5) is 37.1. The van der Waals surface area contributed by atoms with Crippen molar-refractivity contribution in [1.82, 2.24) is 24.5 Å². The smallest absolute Gasteiger partial charge is 0.335 e. The van der Waals surface area contributed by atoms with Gasteiger partial charge in [0, 0.05) is 48.4 Å². The van der Waals surface area contributed by atoms with E-state index in [0.717, 1.165) is 35.5 Å². The first-order valence-electron chi connectivity index (χ1n) is 14.7. The number of rotatable bonds is 9. The standard InChI is InChI=1S/C32H36N6O5/c1-21(39)27-28(23-9-11-32(12-10-23,31(40)41)43-18-15-37-13-16-42-17-14-37)36-30-25(20-35-38(30)29(27)33)24-7-8-26(34-19-24)22-5-3-2-4-6-22/h2-8,19-20,23H,9-18,33H2,1H3,(H,40,41). The molecule has 224 valence electrons. The molecular weight excluding hydrogens is 548 g/mol. The lowest BCUT2D eigenvalue weighted by Crippen LogP contribution is -2.47. The molecule has 11 heteroatoms. The molecule has 0 bridgehead atoms. The van der Waals surface area contributed by atoms with Gasteiger partial charge in [0.15, 0.2) is 17.0 Å². The van der Waals surface area contributed by atoms with Crippen molar-refractivity contribution in [2.24, 2.45) is 0 Å². The maximum atomic E-state index is 12.8. The van der Waals surface area contributed by atoms with E-state index < -0.39 is 11.6 Å². The van der Waals surface area contributed by atoms with Crippen molar-refractivity contribution >= 4 is 23.2 Å². The highest BCUT2D eigenvalue weighted by Crippen LogP contribution is 2.42. The summed E-state index contributed by atoms with van der Waals surface area (Å²) in [6, 6.07) is 13.8. The predicted molar refractivity (Wildman–Crippen MR) is 161 cm³/mol. The lowest BCUT2D eigenvalue weighted by Gasteiger charge is -2.37. The number of morpholine rings is 1. The van der Waals surface area contributed by atoms with Crippen molar-refractivity contribution in [1.29, 1.82) is 0 Å². The van der Waals surface area contributed by atoms with E-state index in [-0.39, 0.29) is 17.5 Å². The summed E-state index contributed by atoms with van der Waals surface area (Å²) in [5.74, 6) is -1.08. The molecule has 2 fully saturated rings. The Morgan fingerprint density at radius 2 is 1.81 bits per heavy atom. The van der Waals surface area contributed by atoms with Crippen LogP contribution in [0, 0.1) is 0 Å². The van der Waals surface area contributed by atoms with Gasteiger partial charge in [0.2, 0.25) is 0 Å². The van der Waals surface area contributed by atoms with Gasteiger partial charge in [0.05, 0.1) is 43.0 Å². The van der Waals surface area contributed by atoms with Crippen molar-refractivity contribution in [3.8, 4) is 22.4 Å². The summed E-state index contributed by atoms with van der Waals surface area (Å²) in [6.45, 7) is 5.47. The molecule has 1 saturated carbocycles. The third-order valence-corrected chi connectivity index (χ3v) is 8.67. The van der Waals surface area contributed by atoms with E-state index in [9.17, 15) is 14.7 Å². The zero-order chi connectivity index (χ0) is 30.0. The van der Waals surface area contributed by atoms with Crippen LogP contribution in [-0.4, -0.2) is 86.4 Å². The van der Waals surface area contributed by atoms with Crippen molar-refractivity contribution in [3.05, 3.63) is 66.1 Å². The van der Waals surface area contributed by atoms with Crippen LogP contribution in [0.25, 0.3) is 28.0 Å². The number of pyridine rings is 1. The van der Waals surface area contributed by atoms with Crippen LogP contribution in [0.2, 0.25) is 0 Å². The van der Waals surface area contributed by atoms with Gasteiger partial charge in [0.1, 0.15) is 5.82 Å². The van der Waals surface area contributed by atoms with Crippen molar-refractivity contribution in [2.45, 2.75) is 44.1 Å². The van der Waals surface area contributed by atoms with Crippen molar-refractivity contribution < 1.29 is 24.2 Å². The Hall–Kier alpha value is -4.19. The van der Waals surface area contributed by atoms with Gasteiger partial charge in [-0.25, -0.2) is 9.78 Å². The second-order valence-corrected chi connectivity index (χ2v) is 11.3. The minimum absolute atomic E-state index is 0.150. The van der Waals surface area contributed by atoms with E-state index in [0.29, 0.717) is 69.0 Å². The Bertz CT molecular complexity index is 1610. The largest absolute Gasteiger partial charge is 0.479 e. The highest BCUT2D eigenvalue weighted by atomic mass is 16.5. The van der Waals surface area contributed by atoms with E-state index in [1.165, 1.54) is 11.4 Å². The highest BCUT2D eigenvalue weighted by molar-refractivity contribution is 6.00. The van der Waals surface area contributed by atoms with Crippen molar-refractivity contribution in [3.63, 3.8) is 0 Å². The number of nitrogens with zero attached hydrogens (tertiary/aromatic N) is 5. The quantitative estimate of drug-likeness (QED) is 0.276. The summed E-state index contributed by atoms with van der Waals surface area (Å²) < 4.78 is 13.0. The van der Waals surface area contributed by atoms with Crippen LogP contribution in [0.4, 0.5) is 5.82 Å². The van der Waals surface area contributed by atoms with Gasteiger partial charge in [-0.2, -0.15) is 9.61 Å². The van der Waals surface area contributed by atoms with Gasteiger partial charge in [0.25, 0.3) is 0 Å². The third kappa shape index (κ3) is 5.75. The average molecular weight is 585 g/mol. The van der Waals surface area contributed by atoms with Crippen LogP contribution in [0.3, 0.4) is 0 Å². The summed E-state index contributed by atoms with van der Waals surface area (Å²) in [5.41, 5.74) is 10.2. The molecule has 43 heavy (non-hydrogen) atoms. The second kappa shape index (κ2) is 12.2. The number of Topliss-reactive ketones (excluding diaryl/α,β-unsaturated/α-hetero) is 1. The number of nitrogen functional groups attached to an aromatic ring is 1. The lowest BCUT2D eigenvalue weighted by molar-refractivity contribution is -0.172. The number of aliphatic carboxylic acids is 1. The number of carbonyl (C=O) groups excluding carboxylic acids is 1. The summed E-state index contributed by atoms with van der Waals surface area (Å²) in [5, 5.41) is 14.6. The fourth-order valence-electron chi connectivity index (χ4n) is 6.20. The summed E-state index contributed by atoms with van der Waals surface area (Å²) in [6.07, 6.45) is 5.11. The van der Waals surface area contributed by atoms with Crippen LogP contribution in [-0.2, 0) is 14.3 Å². The molecule has 0 unspecified atom stereocenters. The molecule has 4 heterocycles. The Morgan fingerprint density at radius 3 is 2.47 bits per heavy atom. The number of benzene rings is 1. The Morgan fingerprint density at radius 1 is 1.07 bits per heavy atom. The number of ketones is 1. The number of hydrogen-bond donors (Lipinski definition) is 2. The van der Waals surface area contributed by atoms with Crippen LogP contribution in [0.15, 0.2) is 54.9 Å². The molecule has 0 spiro atoms. The van der Waals surface area contributed by atoms with Gasteiger partial charge in [-0.15, -0.1) is 0 Å². The SMILES string of the molecule is CC(=O)c1c(C2CCC(OCCN3CCOCC3)(C(=O)O)CC2)nc2c(-c3ccc(-c4ccccc4)nc3)cnn2c1N. The topological polar surface area (TPSA) is 145 Å². The van der Waals surface area contributed by atoms with Gasteiger partial charge in [-0.3, -0.25) is 14.7 Å². The van der Waals surface area contributed by atoms with Crippen LogP contribution in [0.1, 0.15) is 54.6 Å². The zero-order valence-corrected chi connectivity index (χ0v) is 24.2. The van der Waals surface area contributed by atoms with Crippen LogP contribution < -0.4 is 5.73 Å². The van der Waals surface area contributed by atoms with Crippen molar-refractivity contribution in [2.75, 3.05) is 45.2 Å². The predicted octanol–water partition coefficient (Wildman–Crippen LogP) is 4.07. The van der Waals surface area contributed by atoms with E-state index in [2.05, 4.69) is 15.0 Å². The molecule has 1 saturated heterocycles. The number of nitrogens with two attached hydrogens (primary N) is 1. The summed E-state index contributed by atoms with van der Waals surface area (Å²) >= 11 is 0. The number of carbonyl (C=O) groups is 2. The maximum Gasteiger partial charge on any atom is 0.335 e. The van der Waals surface area contributed by atoms with Crippen LogP contribution >= 0.6 is 0 Å². The molecule has 6 rings (SSSR count). The van der Waals surface area contributed by atoms with Gasteiger partial charge < -0.3 is 20.3 Å². The van der Waals surface area contributed by atoms with E-state index in [4.69, 9.17) is 20.2 Å². The van der Waals surface area contributed by atoms with Gasteiger partial charge >= 0.3 is 5.97 Å². The highest BCUT2D eigenvalue weighted by Gasteiger charge is 2.44. The second-order valence-electron chi connectivity index (χ2n) is 11.3. The minimum Gasteiger partial charge on any atom is -0.479 e. The molecule has 11 nitrogen and oxygen atoms in total. The third-order valence-electron chi connectivity index (χ3n) is 8.67. The molecule has 4 aromatic rings. The van der Waals surface area contributed by atoms with Crippen LogP contribution in [0.5, 0.6) is 0 Å². The molecule has 0 atom stereocenters. The van der Waals surface area contributed by atoms with Gasteiger partial charge in [-0.1, -0.05) is 36.4 Å². The van der Waals surface area contributed by atoms with E-state index >= 15 is 0 Å². The first-order valence-corrected chi connectivity index (χ1v) is 14.7. The first kappa shape index (κ1) is 28.9. The number of carboxylic acid groups (broad SMARTS) is 1. The summed E-state index contributed by atoms with van der Waals surface area (Å²) in [7, 11) is 0. The zero-order valence-electron chi connectivity index (χ0n) is 24.2. The Labute approximate surface area is 249 Å². The molecule has 3 aromatic heterocycles. The molecular formula is C32H36N6O5. The fraction of sp³-hybridized carbons (Fsp3) is 0.406. The monoisotopic (exact) mass is 584 g/mol. The molecule has 3 N–H and O–H groups in total. The Balaban J connectivity index is 1.26. The minimum atomic E-state index is -1.26. The number of aromatic nitrogens is 4. The molecule has 0 amide bonds. The van der Waals surface area contributed by atoms with E-state index in [1.54, 1.807) is 12.4 Å². The average Bonchev–Trinajstić information content (AvgIpc) is 3.46. The molecule has 1 aliphatic carbocycles. The first-order chi connectivity index (χ1) is 20.9. The number of anilines is 1. The number of ether oxygens (including phenoxy) is 2. The molecule has 1 aromatic carbocycles. The molecule has 0 radical (unpaired) electrons. The molecule has 1 aliphatic heterocycles. The normalized spacial score (nSPS) is 21.2.